The molecule has 0 aliphatic rings. The SMILES string of the molecule is CCc1nnc(NCc2c(C)noc2C)c(C#N)c1CC. The molecule has 110 valence electrons. The zero-order valence-electron chi connectivity index (χ0n) is 12.8. The number of aryl methyl sites for hydroxylation is 3. The highest BCUT2D eigenvalue weighted by molar-refractivity contribution is 5.56. The Morgan fingerprint density at radius 2 is 1.90 bits per heavy atom. The van der Waals surface area contributed by atoms with Crippen LogP contribution in [0.3, 0.4) is 0 Å². The number of nitriles is 1. The molecule has 0 radical (unpaired) electrons. The Balaban J connectivity index is 2.31. The molecule has 0 saturated heterocycles. The van der Waals surface area contributed by atoms with Crippen molar-refractivity contribution in [3.8, 4) is 6.07 Å². The first-order chi connectivity index (χ1) is 10.1. The van der Waals surface area contributed by atoms with Gasteiger partial charge < -0.3 is 9.84 Å². The van der Waals surface area contributed by atoms with E-state index in [4.69, 9.17) is 4.52 Å². The van der Waals surface area contributed by atoms with Gasteiger partial charge in [0.1, 0.15) is 17.4 Å². The molecular formula is C15H19N5O. The van der Waals surface area contributed by atoms with Crippen LogP contribution in [0.1, 0.15) is 47.7 Å². The highest BCUT2D eigenvalue weighted by Gasteiger charge is 2.15. The Morgan fingerprint density at radius 1 is 1.14 bits per heavy atom. The predicted molar refractivity (Wildman–Crippen MR) is 78.8 cm³/mol. The third-order valence-electron chi connectivity index (χ3n) is 3.57. The molecule has 21 heavy (non-hydrogen) atoms. The average Bonchev–Trinajstić information content (AvgIpc) is 2.82. The van der Waals surface area contributed by atoms with Crippen LogP contribution in [0.5, 0.6) is 0 Å². The maximum absolute atomic E-state index is 9.43. The van der Waals surface area contributed by atoms with E-state index in [2.05, 4.69) is 26.7 Å². The lowest BCUT2D eigenvalue weighted by atomic mass is 10.0. The molecule has 0 aliphatic heterocycles. The fourth-order valence-corrected chi connectivity index (χ4v) is 2.34. The van der Waals surface area contributed by atoms with Crippen molar-refractivity contribution in [2.24, 2.45) is 0 Å². The summed E-state index contributed by atoms with van der Waals surface area (Å²) >= 11 is 0. The zero-order chi connectivity index (χ0) is 15.4. The second kappa shape index (κ2) is 6.35. The molecule has 0 fully saturated rings. The van der Waals surface area contributed by atoms with E-state index >= 15 is 0 Å². The maximum Gasteiger partial charge on any atom is 0.167 e. The van der Waals surface area contributed by atoms with E-state index in [1.54, 1.807) is 0 Å². The Bertz CT molecular complexity index is 665. The monoisotopic (exact) mass is 285 g/mol. The minimum Gasteiger partial charge on any atom is -0.363 e. The number of hydrogen-bond donors (Lipinski definition) is 1. The smallest absolute Gasteiger partial charge is 0.167 e. The van der Waals surface area contributed by atoms with E-state index in [0.717, 1.165) is 41.1 Å². The van der Waals surface area contributed by atoms with E-state index in [1.807, 2.05) is 27.7 Å². The van der Waals surface area contributed by atoms with Gasteiger partial charge in [-0.3, -0.25) is 0 Å². The van der Waals surface area contributed by atoms with Crippen LogP contribution < -0.4 is 5.32 Å². The summed E-state index contributed by atoms with van der Waals surface area (Å²) in [4.78, 5) is 0. The van der Waals surface area contributed by atoms with Crippen molar-refractivity contribution in [1.29, 1.82) is 5.26 Å². The predicted octanol–water partition coefficient (Wildman–Crippen LogP) is 2.69. The van der Waals surface area contributed by atoms with Gasteiger partial charge in [-0.15, -0.1) is 5.10 Å². The zero-order valence-corrected chi connectivity index (χ0v) is 12.8. The van der Waals surface area contributed by atoms with E-state index in [1.165, 1.54) is 0 Å². The molecule has 6 nitrogen and oxygen atoms in total. The van der Waals surface area contributed by atoms with Crippen molar-refractivity contribution in [2.75, 3.05) is 5.32 Å². The topological polar surface area (TPSA) is 87.6 Å². The van der Waals surface area contributed by atoms with Crippen LogP contribution in [0.25, 0.3) is 0 Å². The van der Waals surface area contributed by atoms with E-state index in [0.29, 0.717) is 17.9 Å². The molecule has 0 atom stereocenters. The Labute approximate surface area is 124 Å². The van der Waals surface area contributed by atoms with Crippen LogP contribution in [0.15, 0.2) is 4.52 Å². The molecule has 2 heterocycles. The van der Waals surface area contributed by atoms with Crippen molar-refractivity contribution in [3.63, 3.8) is 0 Å². The minimum atomic E-state index is 0.513. The molecule has 2 aromatic heterocycles. The summed E-state index contributed by atoms with van der Waals surface area (Å²) in [5.41, 5.74) is 4.26. The third-order valence-corrected chi connectivity index (χ3v) is 3.57. The second-order valence-electron chi connectivity index (χ2n) is 4.82. The molecule has 0 spiro atoms. The van der Waals surface area contributed by atoms with Gasteiger partial charge in [0, 0.05) is 12.1 Å². The van der Waals surface area contributed by atoms with Crippen molar-refractivity contribution in [1.82, 2.24) is 15.4 Å². The lowest BCUT2D eigenvalue weighted by Crippen LogP contribution is -2.10. The number of aromatic nitrogens is 3. The Hall–Kier alpha value is -2.42. The molecule has 0 unspecified atom stereocenters. The van der Waals surface area contributed by atoms with Crippen LogP contribution in [0.4, 0.5) is 5.82 Å². The van der Waals surface area contributed by atoms with Gasteiger partial charge in [0.2, 0.25) is 0 Å². The van der Waals surface area contributed by atoms with Crippen molar-refractivity contribution in [3.05, 3.63) is 33.8 Å². The first-order valence-electron chi connectivity index (χ1n) is 7.06. The van der Waals surface area contributed by atoms with Crippen LogP contribution in [0, 0.1) is 25.2 Å². The summed E-state index contributed by atoms with van der Waals surface area (Å²) in [6.45, 7) is 8.31. The quantitative estimate of drug-likeness (QED) is 0.908. The van der Waals surface area contributed by atoms with Crippen molar-refractivity contribution >= 4 is 5.82 Å². The lowest BCUT2D eigenvalue weighted by molar-refractivity contribution is 0.392. The highest BCUT2D eigenvalue weighted by atomic mass is 16.5. The second-order valence-corrected chi connectivity index (χ2v) is 4.82. The summed E-state index contributed by atoms with van der Waals surface area (Å²) in [5.74, 6) is 1.29. The van der Waals surface area contributed by atoms with Crippen LogP contribution in [0.2, 0.25) is 0 Å². The van der Waals surface area contributed by atoms with Gasteiger partial charge in [-0.25, -0.2) is 0 Å². The number of nitrogens with one attached hydrogen (secondary N) is 1. The minimum absolute atomic E-state index is 0.513. The number of rotatable bonds is 5. The molecule has 0 aromatic carbocycles. The first-order valence-corrected chi connectivity index (χ1v) is 7.06. The molecule has 0 bridgehead atoms. The highest BCUT2D eigenvalue weighted by Crippen LogP contribution is 2.21. The standard InChI is InChI=1S/C15H19N5O/c1-5-11-12(7-16)15(19-18-14(11)6-2)17-8-13-9(3)20-21-10(13)4/h5-6,8H2,1-4H3,(H,17,19). The molecule has 0 amide bonds. The summed E-state index contributed by atoms with van der Waals surface area (Å²) in [6, 6.07) is 2.25. The third kappa shape index (κ3) is 2.87. The summed E-state index contributed by atoms with van der Waals surface area (Å²) in [7, 11) is 0. The summed E-state index contributed by atoms with van der Waals surface area (Å²) in [5, 5.41) is 24.9. The van der Waals surface area contributed by atoms with Gasteiger partial charge in [-0.1, -0.05) is 19.0 Å². The molecule has 2 rings (SSSR count). The average molecular weight is 285 g/mol. The number of nitrogens with zero attached hydrogens (tertiary/aromatic N) is 4. The molecule has 2 aromatic rings. The fourth-order valence-electron chi connectivity index (χ4n) is 2.34. The van der Waals surface area contributed by atoms with E-state index in [9.17, 15) is 5.26 Å². The van der Waals surface area contributed by atoms with Crippen molar-refractivity contribution < 1.29 is 4.52 Å². The number of anilines is 1. The van der Waals surface area contributed by atoms with Gasteiger partial charge in [0.15, 0.2) is 5.82 Å². The first kappa shape index (κ1) is 15.0. The number of hydrogen-bond acceptors (Lipinski definition) is 6. The molecule has 0 saturated carbocycles. The van der Waals surface area contributed by atoms with Crippen LogP contribution >= 0.6 is 0 Å². The van der Waals surface area contributed by atoms with Crippen LogP contribution in [-0.4, -0.2) is 15.4 Å². The van der Waals surface area contributed by atoms with Gasteiger partial charge >= 0.3 is 0 Å². The Kier molecular flexibility index (Phi) is 4.53. The van der Waals surface area contributed by atoms with Crippen molar-refractivity contribution in [2.45, 2.75) is 47.1 Å². The molecule has 6 heteroatoms. The molecule has 1 N–H and O–H groups in total. The van der Waals surface area contributed by atoms with Gasteiger partial charge in [0.25, 0.3) is 0 Å². The van der Waals surface area contributed by atoms with Crippen LogP contribution in [-0.2, 0) is 19.4 Å². The van der Waals surface area contributed by atoms with E-state index in [-0.39, 0.29) is 0 Å². The summed E-state index contributed by atoms with van der Waals surface area (Å²) < 4.78 is 5.13. The lowest BCUT2D eigenvalue weighted by Gasteiger charge is -2.11. The largest absolute Gasteiger partial charge is 0.363 e. The Morgan fingerprint density at radius 3 is 2.43 bits per heavy atom. The normalized spacial score (nSPS) is 10.4. The molecular weight excluding hydrogens is 266 g/mol. The molecule has 0 aliphatic carbocycles. The van der Waals surface area contributed by atoms with Gasteiger partial charge in [0.05, 0.1) is 11.4 Å². The summed E-state index contributed by atoms with van der Waals surface area (Å²) in [6.07, 6.45) is 1.54. The van der Waals surface area contributed by atoms with Gasteiger partial charge in [-0.2, -0.15) is 10.4 Å². The van der Waals surface area contributed by atoms with Gasteiger partial charge in [-0.05, 0) is 32.3 Å². The maximum atomic E-state index is 9.43. The fraction of sp³-hybridized carbons (Fsp3) is 0.467. The van der Waals surface area contributed by atoms with E-state index < -0.39 is 0 Å².